The number of hydrogen-bond donors (Lipinski definition) is 2. The van der Waals surface area contributed by atoms with Gasteiger partial charge in [0.25, 0.3) is 0 Å². The van der Waals surface area contributed by atoms with E-state index < -0.39 is 0 Å². The van der Waals surface area contributed by atoms with Crippen molar-refractivity contribution in [1.82, 2.24) is 0 Å². The Kier molecular flexibility index (Phi) is 5.37. The summed E-state index contributed by atoms with van der Waals surface area (Å²) in [6, 6.07) is 9.51. The molecule has 0 amide bonds. The number of aryl methyl sites for hydroxylation is 1. The van der Waals surface area contributed by atoms with Crippen LogP contribution in [0.25, 0.3) is 0 Å². The maximum atomic E-state index is 6.17. The second-order valence-electron chi connectivity index (χ2n) is 4.81. The molecule has 0 saturated carbocycles. The Morgan fingerprint density at radius 2 is 2.05 bits per heavy atom. The van der Waals surface area contributed by atoms with Crippen LogP contribution in [0, 0.1) is 6.92 Å². The molecule has 0 heterocycles. The number of rotatable bonds is 5. The van der Waals surface area contributed by atoms with Gasteiger partial charge in [0.05, 0.1) is 18.0 Å². The highest BCUT2D eigenvalue weighted by molar-refractivity contribution is 9.10. The van der Waals surface area contributed by atoms with E-state index in [1.165, 1.54) is 0 Å². The molecule has 2 rings (SSSR count). The number of nitrogens with two attached hydrogens (primary N) is 1. The standard InChI is InChI=1S/C16H18BrClN2O/c1-3-6-21-16-8-11(4-5-14(16)19)20-15-9-13(18)10(2)7-12(15)17/h4-5,7-9,20H,3,6,19H2,1-2H3. The van der Waals surface area contributed by atoms with Gasteiger partial charge in [-0.25, -0.2) is 0 Å². The topological polar surface area (TPSA) is 47.3 Å². The highest BCUT2D eigenvalue weighted by Gasteiger charge is 2.07. The first-order chi connectivity index (χ1) is 10.0. The highest BCUT2D eigenvalue weighted by Crippen LogP contribution is 2.33. The number of nitrogen functional groups attached to an aromatic ring is 1. The minimum Gasteiger partial charge on any atom is -0.491 e. The van der Waals surface area contributed by atoms with Gasteiger partial charge in [-0.15, -0.1) is 0 Å². The fraction of sp³-hybridized carbons (Fsp3) is 0.250. The number of nitrogens with one attached hydrogen (secondary N) is 1. The van der Waals surface area contributed by atoms with E-state index in [0.29, 0.717) is 18.0 Å². The van der Waals surface area contributed by atoms with Crippen molar-refractivity contribution in [3.63, 3.8) is 0 Å². The zero-order valence-electron chi connectivity index (χ0n) is 12.0. The predicted molar refractivity (Wildman–Crippen MR) is 93.8 cm³/mol. The Labute approximate surface area is 138 Å². The van der Waals surface area contributed by atoms with Crippen LogP contribution in [-0.4, -0.2) is 6.61 Å². The number of hydrogen-bond acceptors (Lipinski definition) is 3. The number of ether oxygens (including phenoxy) is 1. The first kappa shape index (κ1) is 16.0. The van der Waals surface area contributed by atoms with Crippen molar-refractivity contribution in [3.05, 3.63) is 45.4 Å². The Morgan fingerprint density at radius 1 is 1.29 bits per heavy atom. The van der Waals surface area contributed by atoms with Crippen molar-refractivity contribution in [2.75, 3.05) is 17.7 Å². The van der Waals surface area contributed by atoms with Crippen LogP contribution < -0.4 is 15.8 Å². The third-order valence-corrected chi connectivity index (χ3v) is 4.07. The van der Waals surface area contributed by atoms with E-state index in [9.17, 15) is 0 Å². The molecule has 0 fully saturated rings. The monoisotopic (exact) mass is 368 g/mol. The Balaban J connectivity index is 2.25. The molecule has 0 aromatic heterocycles. The summed E-state index contributed by atoms with van der Waals surface area (Å²) in [6.45, 7) is 4.67. The first-order valence-electron chi connectivity index (χ1n) is 6.76. The molecule has 0 unspecified atom stereocenters. The third kappa shape index (κ3) is 4.05. The molecule has 0 aliphatic carbocycles. The molecule has 0 spiro atoms. The first-order valence-corrected chi connectivity index (χ1v) is 7.93. The second kappa shape index (κ2) is 7.05. The summed E-state index contributed by atoms with van der Waals surface area (Å²) in [5.74, 6) is 0.691. The lowest BCUT2D eigenvalue weighted by Crippen LogP contribution is -2.00. The van der Waals surface area contributed by atoms with Crippen LogP contribution in [-0.2, 0) is 0 Å². The van der Waals surface area contributed by atoms with E-state index in [4.69, 9.17) is 22.1 Å². The number of anilines is 3. The van der Waals surface area contributed by atoms with Crippen molar-refractivity contribution in [2.45, 2.75) is 20.3 Å². The average Bonchev–Trinajstić information content (AvgIpc) is 2.45. The zero-order chi connectivity index (χ0) is 15.4. The predicted octanol–water partition coefficient (Wildman–Crippen LogP) is 5.53. The molecule has 0 radical (unpaired) electrons. The van der Waals surface area contributed by atoms with E-state index in [-0.39, 0.29) is 0 Å². The van der Waals surface area contributed by atoms with Gasteiger partial charge >= 0.3 is 0 Å². The van der Waals surface area contributed by atoms with Gasteiger partial charge in [0.15, 0.2) is 0 Å². The molecule has 2 aromatic carbocycles. The molecule has 2 aromatic rings. The van der Waals surface area contributed by atoms with E-state index in [2.05, 4.69) is 28.2 Å². The largest absolute Gasteiger partial charge is 0.491 e. The van der Waals surface area contributed by atoms with Crippen LogP contribution in [0.4, 0.5) is 17.1 Å². The number of benzene rings is 2. The van der Waals surface area contributed by atoms with Gasteiger partial charge in [-0.05, 0) is 59.1 Å². The molecule has 0 atom stereocenters. The van der Waals surface area contributed by atoms with Crippen LogP contribution in [0.1, 0.15) is 18.9 Å². The van der Waals surface area contributed by atoms with Crippen LogP contribution >= 0.6 is 27.5 Å². The van der Waals surface area contributed by atoms with Crippen LogP contribution in [0.3, 0.4) is 0 Å². The summed E-state index contributed by atoms with van der Waals surface area (Å²) >= 11 is 9.71. The maximum Gasteiger partial charge on any atom is 0.144 e. The van der Waals surface area contributed by atoms with Crippen LogP contribution in [0.2, 0.25) is 5.02 Å². The Hall–Kier alpha value is -1.39. The summed E-state index contributed by atoms with van der Waals surface area (Å²) in [7, 11) is 0. The van der Waals surface area contributed by atoms with Gasteiger partial charge in [-0.1, -0.05) is 18.5 Å². The van der Waals surface area contributed by atoms with E-state index in [1.54, 1.807) is 0 Å². The van der Waals surface area contributed by atoms with E-state index >= 15 is 0 Å². The summed E-state index contributed by atoms with van der Waals surface area (Å²) < 4.78 is 6.59. The summed E-state index contributed by atoms with van der Waals surface area (Å²) in [6.07, 6.45) is 0.941. The van der Waals surface area contributed by atoms with Gasteiger partial charge in [-0.2, -0.15) is 0 Å². The molecule has 0 bridgehead atoms. The summed E-state index contributed by atoms with van der Waals surface area (Å²) in [5.41, 5.74) is 9.37. The molecule has 3 nitrogen and oxygen atoms in total. The molecular weight excluding hydrogens is 352 g/mol. The van der Waals surface area contributed by atoms with Gasteiger partial charge in [0, 0.05) is 21.2 Å². The molecule has 3 N–H and O–H groups in total. The average molecular weight is 370 g/mol. The van der Waals surface area contributed by atoms with Crippen molar-refractivity contribution in [2.24, 2.45) is 0 Å². The Bertz CT molecular complexity index is 646. The van der Waals surface area contributed by atoms with E-state index in [0.717, 1.165) is 32.9 Å². The van der Waals surface area contributed by atoms with Gasteiger partial charge in [0.1, 0.15) is 5.75 Å². The fourth-order valence-electron chi connectivity index (χ4n) is 1.85. The lowest BCUT2D eigenvalue weighted by Gasteiger charge is -2.13. The molecular formula is C16H18BrClN2O. The van der Waals surface area contributed by atoms with Gasteiger partial charge in [0.2, 0.25) is 0 Å². The SMILES string of the molecule is CCCOc1cc(Nc2cc(Cl)c(C)cc2Br)ccc1N. The van der Waals surface area contributed by atoms with Gasteiger partial charge < -0.3 is 15.8 Å². The smallest absolute Gasteiger partial charge is 0.144 e. The summed E-state index contributed by atoms with van der Waals surface area (Å²) in [4.78, 5) is 0. The molecule has 0 aliphatic heterocycles. The second-order valence-corrected chi connectivity index (χ2v) is 6.07. The lowest BCUT2D eigenvalue weighted by atomic mass is 10.2. The number of halogens is 2. The van der Waals surface area contributed by atoms with Crippen LogP contribution in [0.15, 0.2) is 34.8 Å². The highest BCUT2D eigenvalue weighted by atomic mass is 79.9. The van der Waals surface area contributed by atoms with Crippen molar-refractivity contribution in [1.29, 1.82) is 0 Å². The van der Waals surface area contributed by atoms with E-state index in [1.807, 2.05) is 37.3 Å². The van der Waals surface area contributed by atoms with Gasteiger partial charge in [-0.3, -0.25) is 0 Å². The zero-order valence-corrected chi connectivity index (χ0v) is 14.4. The molecule has 112 valence electrons. The molecule has 0 saturated heterocycles. The molecule has 5 heteroatoms. The van der Waals surface area contributed by atoms with Crippen molar-refractivity contribution < 1.29 is 4.74 Å². The van der Waals surface area contributed by atoms with Crippen molar-refractivity contribution in [3.8, 4) is 5.75 Å². The quantitative estimate of drug-likeness (QED) is 0.682. The maximum absolute atomic E-state index is 6.17. The fourth-order valence-corrected chi connectivity index (χ4v) is 2.57. The minimum atomic E-state index is 0.634. The normalized spacial score (nSPS) is 10.5. The third-order valence-electron chi connectivity index (χ3n) is 3.00. The Morgan fingerprint density at radius 3 is 2.76 bits per heavy atom. The summed E-state index contributed by atoms with van der Waals surface area (Å²) in [5, 5.41) is 4.04. The van der Waals surface area contributed by atoms with Crippen LogP contribution in [0.5, 0.6) is 5.75 Å². The molecule has 0 aliphatic rings. The van der Waals surface area contributed by atoms with Crippen molar-refractivity contribution >= 4 is 44.6 Å². The lowest BCUT2D eigenvalue weighted by molar-refractivity contribution is 0.319. The molecule has 21 heavy (non-hydrogen) atoms. The minimum absolute atomic E-state index is 0.634.